The van der Waals surface area contributed by atoms with Crippen molar-refractivity contribution in [1.82, 2.24) is 9.88 Å². The highest BCUT2D eigenvalue weighted by molar-refractivity contribution is 5.56. The molecule has 2 atom stereocenters. The highest BCUT2D eigenvalue weighted by Gasteiger charge is 2.37. The molecule has 1 aromatic heterocycles. The lowest BCUT2D eigenvalue weighted by atomic mass is 10.1. The predicted octanol–water partition coefficient (Wildman–Crippen LogP) is 1.91. The highest BCUT2D eigenvalue weighted by atomic mass is 15.2. The van der Waals surface area contributed by atoms with E-state index in [1.54, 1.807) is 6.20 Å². The summed E-state index contributed by atoms with van der Waals surface area (Å²) in [6.07, 6.45) is 5.51. The molecular formula is C14H18N4. The molecule has 3 rings (SSSR count). The van der Waals surface area contributed by atoms with E-state index in [4.69, 9.17) is 0 Å². The second-order valence-corrected chi connectivity index (χ2v) is 5.25. The lowest BCUT2D eigenvalue weighted by molar-refractivity contribution is 0.318. The number of nitrogens with zero attached hydrogens (tertiary/aromatic N) is 3. The average Bonchev–Trinajstić information content (AvgIpc) is 2.94. The number of hydrogen-bond acceptors (Lipinski definition) is 4. The van der Waals surface area contributed by atoms with Crippen LogP contribution in [0.3, 0.4) is 0 Å². The number of rotatable bonds is 2. The Morgan fingerprint density at radius 2 is 2.33 bits per heavy atom. The van der Waals surface area contributed by atoms with E-state index in [2.05, 4.69) is 21.3 Å². The first-order valence-corrected chi connectivity index (χ1v) is 6.66. The van der Waals surface area contributed by atoms with Gasteiger partial charge in [0.25, 0.3) is 0 Å². The van der Waals surface area contributed by atoms with E-state index in [0.717, 1.165) is 17.8 Å². The number of pyridine rings is 1. The number of fused-ring (bicyclic) bond motifs is 1. The van der Waals surface area contributed by atoms with E-state index < -0.39 is 0 Å². The van der Waals surface area contributed by atoms with Gasteiger partial charge in [-0.25, -0.2) is 4.98 Å². The van der Waals surface area contributed by atoms with Gasteiger partial charge in [-0.15, -0.1) is 0 Å². The van der Waals surface area contributed by atoms with Gasteiger partial charge in [0.1, 0.15) is 11.9 Å². The van der Waals surface area contributed by atoms with Gasteiger partial charge >= 0.3 is 0 Å². The monoisotopic (exact) mass is 242 g/mol. The molecule has 2 fully saturated rings. The molecule has 2 aliphatic heterocycles. The Bertz CT molecular complexity index is 491. The molecule has 1 aromatic rings. The van der Waals surface area contributed by atoms with E-state index in [9.17, 15) is 5.26 Å². The molecule has 0 amide bonds. The molecule has 2 aliphatic rings. The quantitative estimate of drug-likeness (QED) is 0.860. The molecule has 2 saturated heterocycles. The number of nitriles is 1. The second kappa shape index (κ2) is 4.58. The Morgan fingerprint density at radius 1 is 1.44 bits per heavy atom. The van der Waals surface area contributed by atoms with Gasteiger partial charge in [0.05, 0.1) is 5.56 Å². The highest BCUT2D eigenvalue weighted by Crippen LogP contribution is 2.30. The second-order valence-electron chi connectivity index (χ2n) is 5.25. The van der Waals surface area contributed by atoms with Crippen molar-refractivity contribution in [3.63, 3.8) is 0 Å². The Labute approximate surface area is 108 Å². The SMILES string of the molecule is Cc1ccnc(NC2CCN3CCCC23)c1C#N. The Kier molecular flexibility index (Phi) is 2.92. The minimum absolute atomic E-state index is 0.453. The number of aromatic nitrogens is 1. The molecule has 18 heavy (non-hydrogen) atoms. The van der Waals surface area contributed by atoms with Crippen LogP contribution in [0.15, 0.2) is 12.3 Å². The zero-order valence-corrected chi connectivity index (χ0v) is 10.7. The summed E-state index contributed by atoms with van der Waals surface area (Å²) in [5.41, 5.74) is 1.69. The minimum Gasteiger partial charge on any atom is -0.365 e. The maximum absolute atomic E-state index is 9.22. The zero-order chi connectivity index (χ0) is 12.5. The summed E-state index contributed by atoms with van der Waals surface area (Å²) in [5, 5.41) is 12.7. The first kappa shape index (κ1) is 11.5. The summed E-state index contributed by atoms with van der Waals surface area (Å²) in [6.45, 7) is 4.37. The molecule has 0 bridgehead atoms. The van der Waals surface area contributed by atoms with Gasteiger partial charge < -0.3 is 5.32 Å². The first-order valence-electron chi connectivity index (χ1n) is 6.66. The number of aryl methyl sites for hydroxylation is 1. The standard InChI is InChI=1S/C14H18N4/c1-10-4-6-16-14(11(10)9-15)17-12-5-8-18-7-2-3-13(12)18/h4,6,12-13H,2-3,5,7-8H2,1H3,(H,16,17). The lowest BCUT2D eigenvalue weighted by Crippen LogP contribution is -2.34. The molecule has 0 aliphatic carbocycles. The predicted molar refractivity (Wildman–Crippen MR) is 70.3 cm³/mol. The topological polar surface area (TPSA) is 52.0 Å². The Balaban J connectivity index is 1.81. The van der Waals surface area contributed by atoms with Crippen molar-refractivity contribution in [3.05, 3.63) is 23.4 Å². The van der Waals surface area contributed by atoms with E-state index in [0.29, 0.717) is 17.6 Å². The number of hydrogen-bond donors (Lipinski definition) is 1. The summed E-state index contributed by atoms with van der Waals surface area (Å²) in [6, 6.07) is 5.24. The Morgan fingerprint density at radius 3 is 3.17 bits per heavy atom. The molecule has 4 nitrogen and oxygen atoms in total. The average molecular weight is 242 g/mol. The Hall–Kier alpha value is -1.60. The van der Waals surface area contributed by atoms with Gasteiger partial charge in [-0.1, -0.05) is 0 Å². The molecule has 1 N–H and O–H groups in total. The van der Waals surface area contributed by atoms with Crippen molar-refractivity contribution in [2.45, 2.75) is 38.3 Å². The van der Waals surface area contributed by atoms with Crippen LogP contribution in [0.5, 0.6) is 0 Å². The molecule has 0 spiro atoms. The fraction of sp³-hybridized carbons (Fsp3) is 0.571. The summed E-state index contributed by atoms with van der Waals surface area (Å²) in [5.74, 6) is 0.760. The van der Waals surface area contributed by atoms with Crippen molar-refractivity contribution < 1.29 is 0 Å². The summed E-state index contributed by atoms with van der Waals surface area (Å²) in [7, 11) is 0. The van der Waals surface area contributed by atoms with Gasteiger partial charge in [-0.2, -0.15) is 5.26 Å². The lowest BCUT2D eigenvalue weighted by Gasteiger charge is -2.22. The summed E-state index contributed by atoms with van der Waals surface area (Å²) >= 11 is 0. The third kappa shape index (κ3) is 1.85. The van der Waals surface area contributed by atoms with Gasteiger partial charge in [-0.05, 0) is 44.4 Å². The van der Waals surface area contributed by atoms with Crippen molar-refractivity contribution in [2.24, 2.45) is 0 Å². The minimum atomic E-state index is 0.453. The van der Waals surface area contributed by atoms with Crippen LogP contribution in [0.2, 0.25) is 0 Å². The van der Waals surface area contributed by atoms with Crippen LogP contribution in [0.25, 0.3) is 0 Å². The normalized spacial score (nSPS) is 26.9. The van der Waals surface area contributed by atoms with Crippen molar-refractivity contribution >= 4 is 5.82 Å². The molecular weight excluding hydrogens is 224 g/mol. The first-order chi connectivity index (χ1) is 8.79. The van der Waals surface area contributed by atoms with E-state index in [-0.39, 0.29) is 0 Å². The molecule has 2 unspecified atom stereocenters. The smallest absolute Gasteiger partial charge is 0.144 e. The fourth-order valence-corrected chi connectivity index (χ4v) is 3.24. The van der Waals surface area contributed by atoms with Crippen molar-refractivity contribution in [3.8, 4) is 6.07 Å². The fourth-order valence-electron chi connectivity index (χ4n) is 3.24. The van der Waals surface area contributed by atoms with Gasteiger partial charge in [0.15, 0.2) is 0 Å². The van der Waals surface area contributed by atoms with Crippen molar-refractivity contribution in [2.75, 3.05) is 18.4 Å². The molecule has 0 saturated carbocycles. The third-order valence-corrected chi connectivity index (χ3v) is 4.20. The van der Waals surface area contributed by atoms with Crippen LogP contribution in [-0.2, 0) is 0 Å². The van der Waals surface area contributed by atoms with Gasteiger partial charge in [0, 0.05) is 24.8 Å². The number of anilines is 1. The van der Waals surface area contributed by atoms with Crippen LogP contribution in [0.1, 0.15) is 30.4 Å². The molecule has 4 heteroatoms. The van der Waals surface area contributed by atoms with E-state index in [1.165, 1.54) is 25.9 Å². The molecule has 0 radical (unpaired) electrons. The van der Waals surface area contributed by atoms with Crippen LogP contribution in [0.4, 0.5) is 5.82 Å². The van der Waals surface area contributed by atoms with Crippen molar-refractivity contribution in [1.29, 1.82) is 5.26 Å². The van der Waals surface area contributed by atoms with Crippen LogP contribution >= 0.6 is 0 Å². The third-order valence-electron chi connectivity index (χ3n) is 4.20. The largest absolute Gasteiger partial charge is 0.365 e. The maximum Gasteiger partial charge on any atom is 0.144 e. The van der Waals surface area contributed by atoms with Gasteiger partial charge in [0.2, 0.25) is 0 Å². The summed E-state index contributed by atoms with van der Waals surface area (Å²) in [4.78, 5) is 6.89. The molecule has 3 heterocycles. The van der Waals surface area contributed by atoms with E-state index in [1.807, 2.05) is 13.0 Å². The number of nitrogens with one attached hydrogen (secondary N) is 1. The zero-order valence-electron chi connectivity index (χ0n) is 10.7. The van der Waals surface area contributed by atoms with E-state index >= 15 is 0 Å². The molecule has 94 valence electrons. The molecule has 0 aromatic carbocycles. The van der Waals surface area contributed by atoms with Crippen LogP contribution in [0, 0.1) is 18.3 Å². The van der Waals surface area contributed by atoms with Gasteiger partial charge in [-0.3, -0.25) is 4.90 Å². The van der Waals surface area contributed by atoms with Crippen LogP contribution < -0.4 is 5.32 Å². The summed E-state index contributed by atoms with van der Waals surface area (Å²) < 4.78 is 0. The maximum atomic E-state index is 9.22. The van der Waals surface area contributed by atoms with Crippen LogP contribution in [-0.4, -0.2) is 35.1 Å².